The van der Waals surface area contributed by atoms with Gasteiger partial charge in [0.1, 0.15) is 0 Å². The van der Waals surface area contributed by atoms with Crippen molar-refractivity contribution in [2.24, 2.45) is 0 Å². The van der Waals surface area contributed by atoms with Crippen LogP contribution in [0.5, 0.6) is 11.5 Å². The zero-order chi connectivity index (χ0) is 28.6. The van der Waals surface area contributed by atoms with Crippen molar-refractivity contribution < 1.29 is 58.6 Å². The molecule has 13 heteroatoms. The molecule has 0 aromatic heterocycles. The Hall–Kier alpha value is -3.25. The summed E-state index contributed by atoms with van der Waals surface area (Å²) in [5, 5.41) is 0. The van der Waals surface area contributed by atoms with Crippen LogP contribution < -0.4 is 9.47 Å². The van der Waals surface area contributed by atoms with Crippen molar-refractivity contribution in [2.75, 3.05) is 0 Å². The third-order valence-electron chi connectivity index (χ3n) is 2.73. The summed E-state index contributed by atoms with van der Waals surface area (Å²) in [7, 11) is 0. The Kier molecular flexibility index (Phi) is 18.8. The van der Waals surface area contributed by atoms with Crippen LogP contribution in [0.15, 0.2) is 6.07 Å². The molecule has 0 radical (unpaired) electrons. The first-order chi connectivity index (χ1) is 16.3. The maximum absolute atomic E-state index is 12.8. The number of hydrogen-bond acceptors (Lipinski definition) is 4. The molecule has 0 saturated heterocycles. The van der Waals surface area contributed by atoms with E-state index < -0.39 is 75.8 Å². The summed E-state index contributed by atoms with van der Waals surface area (Å²) in [5.74, 6) is -22.9. The topological polar surface area (TPSA) is 52.6 Å². The third-order valence-corrected chi connectivity index (χ3v) is 2.73. The van der Waals surface area contributed by atoms with Gasteiger partial charge < -0.3 is 9.47 Å². The summed E-state index contributed by atoms with van der Waals surface area (Å²) in [6, 6.07) is 0.0255. The van der Waals surface area contributed by atoms with Crippen molar-refractivity contribution in [2.45, 2.75) is 55.4 Å². The zero-order valence-corrected chi connectivity index (χ0v) is 20.1. The van der Waals surface area contributed by atoms with Gasteiger partial charge in [-0.25, -0.2) is 22.0 Å². The normalized spacial score (nSPS) is 8.94. The van der Waals surface area contributed by atoms with Crippen LogP contribution in [0.3, 0.4) is 0 Å². The van der Waals surface area contributed by atoms with Gasteiger partial charge in [-0.05, 0) is 0 Å². The van der Waals surface area contributed by atoms with Gasteiger partial charge in [0, 0.05) is 19.9 Å². The van der Waals surface area contributed by atoms with E-state index in [1.807, 2.05) is 41.5 Å². The second-order valence-corrected chi connectivity index (χ2v) is 4.88. The molecule has 0 N–H and O–H groups in total. The van der Waals surface area contributed by atoms with E-state index >= 15 is 0 Å². The first kappa shape index (κ1) is 36.3. The van der Waals surface area contributed by atoms with E-state index in [2.05, 4.69) is 9.47 Å². The predicted molar refractivity (Wildman–Crippen MR) is 109 cm³/mol. The lowest BCUT2D eigenvalue weighted by atomic mass is 10.2. The van der Waals surface area contributed by atoms with Crippen LogP contribution in [-0.2, 0) is 9.59 Å². The molecule has 0 bridgehead atoms. The van der Waals surface area contributed by atoms with Gasteiger partial charge in [-0.1, -0.05) is 41.5 Å². The highest BCUT2D eigenvalue weighted by Crippen LogP contribution is 2.29. The Bertz CT molecular complexity index is 925. The van der Waals surface area contributed by atoms with Crippen molar-refractivity contribution in [3.05, 3.63) is 58.4 Å². The molecule has 4 nitrogen and oxygen atoms in total. The smallest absolute Gasteiger partial charge is 0.308 e. The monoisotopic (exact) mass is 524 g/mol. The number of ether oxygens (including phenoxy) is 2. The number of esters is 2. The summed E-state index contributed by atoms with van der Waals surface area (Å²) >= 11 is 0. The van der Waals surface area contributed by atoms with Crippen LogP contribution in [0.2, 0.25) is 0 Å². The van der Waals surface area contributed by atoms with E-state index in [1.54, 1.807) is 0 Å². The van der Waals surface area contributed by atoms with Crippen LogP contribution in [-0.4, -0.2) is 11.9 Å². The molecule has 0 aliphatic carbocycles. The van der Waals surface area contributed by atoms with Crippen molar-refractivity contribution in [3.63, 3.8) is 0 Å². The summed E-state index contributed by atoms with van der Waals surface area (Å²) in [6.07, 6.45) is 0. The molecule has 2 aromatic rings. The quantitative estimate of drug-likeness (QED) is 0.134. The van der Waals surface area contributed by atoms with Gasteiger partial charge in [-0.3, -0.25) is 9.59 Å². The number of carbonyl (C=O) groups is 2. The SMILES string of the molecule is CC.CC.CC.CC(=O)Oc1c(F)c(F)c(F)c(F)c1F.CC(=O)Oc1c(F)c(F)cc(F)c1F. The second-order valence-electron chi connectivity index (χ2n) is 4.88. The maximum atomic E-state index is 12.8. The van der Waals surface area contributed by atoms with E-state index in [1.165, 1.54) is 0 Å². The molecule has 0 saturated carbocycles. The molecule has 0 aliphatic rings. The zero-order valence-electron chi connectivity index (χ0n) is 20.1. The van der Waals surface area contributed by atoms with E-state index in [0.717, 1.165) is 13.8 Å². The average molecular weight is 524 g/mol. The van der Waals surface area contributed by atoms with Crippen LogP contribution in [0.25, 0.3) is 0 Å². The second kappa shape index (κ2) is 18.1. The molecule has 2 aromatic carbocycles. The number of hydrogen-bond donors (Lipinski definition) is 0. The van der Waals surface area contributed by atoms with Gasteiger partial charge >= 0.3 is 11.9 Å². The molecule has 0 aliphatic heterocycles. The van der Waals surface area contributed by atoms with Gasteiger partial charge in [0.2, 0.25) is 52.2 Å². The molecular formula is C22H25F9O4. The van der Waals surface area contributed by atoms with E-state index in [0.29, 0.717) is 0 Å². The van der Waals surface area contributed by atoms with Crippen molar-refractivity contribution in [1.82, 2.24) is 0 Å². The summed E-state index contributed by atoms with van der Waals surface area (Å²) in [5.41, 5.74) is 0. The minimum atomic E-state index is -2.30. The van der Waals surface area contributed by atoms with E-state index in [4.69, 9.17) is 0 Å². The number of benzene rings is 2. The summed E-state index contributed by atoms with van der Waals surface area (Å²) in [6.45, 7) is 13.6. The molecule has 0 fully saturated rings. The molecular weight excluding hydrogens is 499 g/mol. The summed E-state index contributed by atoms with van der Waals surface area (Å²) in [4.78, 5) is 20.7. The number of halogens is 9. The van der Waals surface area contributed by atoms with Gasteiger partial charge in [-0.15, -0.1) is 0 Å². The molecule has 0 heterocycles. The van der Waals surface area contributed by atoms with Crippen molar-refractivity contribution in [1.29, 1.82) is 0 Å². The third kappa shape index (κ3) is 10.7. The van der Waals surface area contributed by atoms with Gasteiger partial charge in [-0.2, -0.15) is 17.6 Å². The molecule has 0 unspecified atom stereocenters. The lowest BCUT2D eigenvalue weighted by Crippen LogP contribution is -2.10. The van der Waals surface area contributed by atoms with Crippen molar-refractivity contribution in [3.8, 4) is 11.5 Å². The fourth-order valence-corrected chi connectivity index (χ4v) is 1.60. The molecule has 35 heavy (non-hydrogen) atoms. The Morgan fingerprint density at radius 3 is 0.971 bits per heavy atom. The van der Waals surface area contributed by atoms with Gasteiger partial charge in [0.25, 0.3) is 0 Å². The fraction of sp³-hybridized carbons (Fsp3) is 0.364. The molecule has 0 amide bonds. The Morgan fingerprint density at radius 1 is 0.486 bits per heavy atom. The Morgan fingerprint density at radius 2 is 0.714 bits per heavy atom. The Labute approximate surface area is 196 Å². The van der Waals surface area contributed by atoms with Gasteiger partial charge in [0.05, 0.1) is 0 Å². The first-order valence-electron chi connectivity index (χ1n) is 10.0. The maximum Gasteiger partial charge on any atom is 0.308 e. The van der Waals surface area contributed by atoms with Gasteiger partial charge in [0.15, 0.2) is 11.6 Å². The number of carbonyl (C=O) groups excluding carboxylic acids is 2. The molecule has 0 atom stereocenters. The van der Waals surface area contributed by atoms with Crippen LogP contribution in [0, 0.1) is 52.4 Å². The standard InChI is InChI=1S/C8H3F5O2.C8H4F4O2.3C2H6/c1-2(14)15-8-6(12)4(10)3(9)5(11)7(8)13;1-3(13)14-8-6(11)4(9)2-5(10)7(8)12;3*1-2/h1H3;2H,1H3;3*1-2H3. The fourth-order valence-electron chi connectivity index (χ4n) is 1.60. The molecule has 0 spiro atoms. The highest BCUT2D eigenvalue weighted by Gasteiger charge is 2.27. The largest absolute Gasteiger partial charge is 0.420 e. The molecule has 2 rings (SSSR count). The Balaban J connectivity index is -0.000000482. The lowest BCUT2D eigenvalue weighted by Gasteiger charge is -2.06. The average Bonchev–Trinajstić information content (AvgIpc) is 2.84. The van der Waals surface area contributed by atoms with E-state index in [-0.39, 0.29) is 6.07 Å². The number of rotatable bonds is 2. The van der Waals surface area contributed by atoms with Crippen LogP contribution in [0.4, 0.5) is 39.5 Å². The van der Waals surface area contributed by atoms with E-state index in [9.17, 15) is 49.1 Å². The van der Waals surface area contributed by atoms with Crippen molar-refractivity contribution >= 4 is 11.9 Å². The molecule has 200 valence electrons. The highest BCUT2D eigenvalue weighted by atomic mass is 19.2. The first-order valence-corrected chi connectivity index (χ1v) is 10.0. The minimum absolute atomic E-state index is 0.0255. The predicted octanol–water partition coefficient (Wildman–Crippen LogP) is 7.55. The summed E-state index contributed by atoms with van der Waals surface area (Å²) < 4.78 is 121. The van der Waals surface area contributed by atoms with Crippen LogP contribution in [0.1, 0.15) is 55.4 Å². The lowest BCUT2D eigenvalue weighted by molar-refractivity contribution is -0.133. The highest BCUT2D eigenvalue weighted by molar-refractivity contribution is 5.69. The van der Waals surface area contributed by atoms with Crippen LogP contribution >= 0.6 is 0 Å². The minimum Gasteiger partial charge on any atom is -0.420 e.